The zero-order chi connectivity index (χ0) is 21.1. The fourth-order valence-electron chi connectivity index (χ4n) is 3.71. The molecule has 0 saturated heterocycles. The number of amides is 2. The fourth-order valence-corrected chi connectivity index (χ4v) is 3.89. The number of halogens is 2. The highest BCUT2D eigenvalue weighted by Gasteiger charge is 2.21. The lowest BCUT2D eigenvalue weighted by Gasteiger charge is -2.25. The third-order valence-electron chi connectivity index (χ3n) is 5.18. The first kappa shape index (κ1) is 20.2. The molecule has 8 heteroatoms. The van der Waals surface area contributed by atoms with Crippen molar-refractivity contribution in [3.8, 4) is 0 Å². The lowest BCUT2D eigenvalue weighted by Crippen LogP contribution is -2.27. The van der Waals surface area contributed by atoms with E-state index in [0.717, 1.165) is 31.7 Å². The number of nitrogens with one attached hydrogen (secondary N) is 3. The average Bonchev–Trinajstić information content (AvgIpc) is 2.74. The molecule has 0 atom stereocenters. The monoisotopic (exact) mass is 429 g/mol. The molecule has 4 rings (SSSR count). The van der Waals surface area contributed by atoms with Crippen molar-refractivity contribution in [2.45, 2.75) is 38.1 Å². The molecular formula is C22H21ClFN3O3. The summed E-state index contributed by atoms with van der Waals surface area (Å²) in [4.78, 5) is 25.2. The summed E-state index contributed by atoms with van der Waals surface area (Å²) >= 11 is 5.76. The van der Waals surface area contributed by atoms with Crippen LogP contribution in [-0.4, -0.2) is 12.1 Å². The predicted octanol–water partition coefficient (Wildman–Crippen LogP) is 5.97. The van der Waals surface area contributed by atoms with Crippen molar-refractivity contribution >= 4 is 45.7 Å². The number of carbonyl (C=O) groups excluding carboxylic acids is 1. The summed E-state index contributed by atoms with van der Waals surface area (Å²) in [5, 5.41) is 9.19. The van der Waals surface area contributed by atoms with Gasteiger partial charge in [0.05, 0.1) is 10.7 Å². The first-order chi connectivity index (χ1) is 14.5. The van der Waals surface area contributed by atoms with Crippen LogP contribution < -0.4 is 21.6 Å². The van der Waals surface area contributed by atoms with Crippen LogP contribution in [0, 0.1) is 5.82 Å². The van der Waals surface area contributed by atoms with E-state index in [9.17, 15) is 14.0 Å². The Morgan fingerprint density at radius 2 is 1.80 bits per heavy atom. The van der Waals surface area contributed by atoms with Crippen LogP contribution in [0.25, 0.3) is 11.0 Å². The van der Waals surface area contributed by atoms with Crippen molar-refractivity contribution in [3.63, 3.8) is 0 Å². The SMILES string of the molecule is O=C(Nc1ccc(F)c(Cl)c1)Nc1c(NC2CCCCC2)c2ccccc2oc1=O. The maximum atomic E-state index is 13.3. The summed E-state index contributed by atoms with van der Waals surface area (Å²) in [5.41, 5.74) is 0.660. The van der Waals surface area contributed by atoms with E-state index in [1.165, 1.54) is 18.6 Å². The molecule has 1 fully saturated rings. The molecule has 3 aromatic rings. The molecule has 1 aliphatic rings. The lowest BCUT2D eigenvalue weighted by atomic mass is 9.95. The summed E-state index contributed by atoms with van der Waals surface area (Å²) in [6, 6.07) is 10.6. The molecule has 0 bridgehead atoms. The van der Waals surface area contributed by atoms with Gasteiger partial charge in [0.1, 0.15) is 11.4 Å². The van der Waals surface area contributed by atoms with Crippen LogP contribution in [0.4, 0.5) is 26.2 Å². The summed E-state index contributed by atoms with van der Waals surface area (Å²) in [5.74, 6) is -0.586. The van der Waals surface area contributed by atoms with Gasteiger partial charge in [-0.2, -0.15) is 0 Å². The highest BCUT2D eigenvalue weighted by atomic mass is 35.5. The maximum absolute atomic E-state index is 13.3. The zero-order valence-electron chi connectivity index (χ0n) is 16.1. The summed E-state index contributed by atoms with van der Waals surface area (Å²) < 4.78 is 18.7. The Bertz CT molecular complexity index is 1140. The van der Waals surface area contributed by atoms with Gasteiger partial charge in [-0.25, -0.2) is 14.0 Å². The summed E-state index contributed by atoms with van der Waals surface area (Å²) in [7, 11) is 0. The van der Waals surface area contributed by atoms with E-state index >= 15 is 0 Å². The van der Waals surface area contributed by atoms with Gasteiger partial charge < -0.3 is 15.1 Å². The number of hydrogen-bond acceptors (Lipinski definition) is 4. The van der Waals surface area contributed by atoms with Crippen molar-refractivity contribution in [2.75, 3.05) is 16.0 Å². The molecule has 3 N–H and O–H groups in total. The second kappa shape index (κ2) is 8.75. The number of anilines is 3. The van der Waals surface area contributed by atoms with E-state index in [-0.39, 0.29) is 16.8 Å². The fraction of sp³-hybridized carbons (Fsp3) is 0.273. The van der Waals surface area contributed by atoms with Crippen molar-refractivity contribution in [2.24, 2.45) is 0 Å². The van der Waals surface area contributed by atoms with Gasteiger partial charge in [0, 0.05) is 17.1 Å². The molecule has 156 valence electrons. The van der Waals surface area contributed by atoms with E-state index < -0.39 is 17.5 Å². The topological polar surface area (TPSA) is 83.4 Å². The lowest BCUT2D eigenvalue weighted by molar-refractivity contribution is 0.262. The zero-order valence-corrected chi connectivity index (χ0v) is 16.9. The second-order valence-corrected chi connectivity index (χ2v) is 7.73. The number of carbonyl (C=O) groups is 1. The minimum atomic E-state index is -0.660. The number of benzene rings is 2. The van der Waals surface area contributed by atoms with Crippen LogP contribution in [0.5, 0.6) is 0 Å². The van der Waals surface area contributed by atoms with Crippen LogP contribution in [-0.2, 0) is 0 Å². The Kier molecular flexibility index (Phi) is 5.90. The van der Waals surface area contributed by atoms with E-state index in [0.29, 0.717) is 22.3 Å². The van der Waals surface area contributed by atoms with Crippen molar-refractivity contribution in [3.05, 3.63) is 63.7 Å². The third-order valence-corrected chi connectivity index (χ3v) is 5.47. The van der Waals surface area contributed by atoms with Crippen LogP contribution in [0.1, 0.15) is 32.1 Å². The Labute approximate surface area is 177 Å². The molecular weight excluding hydrogens is 409 g/mol. The number of urea groups is 1. The van der Waals surface area contributed by atoms with Gasteiger partial charge in [0.25, 0.3) is 0 Å². The van der Waals surface area contributed by atoms with E-state index in [2.05, 4.69) is 16.0 Å². The maximum Gasteiger partial charge on any atom is 0.362 e. The largest absolute Gasteiger partial charge is 0.421 e. The van der Waals surface area contributed by atoms with Crippen molar-refractivity contribution in [1.29, 1.82) is 0 Å². The van der Waals surface area contributed by atoms with Gasteiger partial charge in [-0.15, -0.1) is 0 Å². The van der Waals surface area contributed by atoms with Crippen LogP contribution >= 0.6 is 11.6 Å². The highest BCUT2D eigenvalue weighted by molar-refractivity contribution is 6.31. The molecule has 2 aromatic carbocycles. The molecule has 1 aromatic heterocycles. The molecule has 0 unspecified atom stereocenters. The van der Waals surface area contributed by atoms with Crippen molar-refractivity contribution < 1.29 is 13.6 Å². The third kappa shape index (κ3) is 4.41. The molecule has 6 nitrogen and oxygen atoms in total. The second-order valence-electron chi connectivity index (χ2n) is 7.32. The van der Waals surface area contributed by atoms with E-state index in [4.69, 9.17) is 16.0 Å². The van der Waals surface area contributed by atoms with Gasteiger partial charge in [-0.05, 0) is 43.2 Å². The standard InChI is InChI=1S/C22H21ClFN3O3/c23-16-12-14(10-11-17(16)24)26-22(29)27-20-19(25-13-6-2-1-3-7-13)15-8-4-5-9-18(15)30-21(20)28/h4-5,8-13,25H,1-3,6-7H2,(H2,26,27,29). The molecule has 0 spiro atoms. The molecule has 1 heterocycles. The first-order valence-electron chi connectivity index (χ1n) is 9.87. The smallest absolute Gasteiger partial charge is 0.362 e. The highest BCUT2D eigenvalue weighted by Crippen LogP contribution is 2.32. The summed E-state index contributed by atoms with van der Waals surface area (Å²) in [6.07, 6.45) is 5.42. The number of rotatable bonds is 4. The molecule has 30 heavy (non-hydrogen) atoms. The molecule has 1 saturated carbocycles. The van der Waals surface area contributed by atoms with E-state index in [1.807, 2.05) is 12.1 Å². The Morgan fingerprint density at radius 3 is 2.57 bits per heavy atom. The number of para-hydroxylation sites is 1. The Morgan fingerprint density at radius 1 is 1.03 bits per heavy atom. The normalized spacial score (nSPS) is 14.5. The number of hydrogen-bond donors (Lipinski definition) is 3. The quantitative estimate of drug-likeness (QED) is 0.446. The van der Waals surface area contributed by atoms with Crippen LogP contribution in [0.3, 0.4) is 0 Å². The van der Waals surface area contributed by atoms with Gasteiger partial charge in [-0.1, -0.05) is 43.0 Å². The van der Waals surface area contributed by atoms with Crippen LogP contribution in [0.2, 0.25) is 5.02 Å². The minimum Gasteiger partial charge on any atom is -0.421 e. The molecule has 1 aliphatic carbocycles. The molecule has 0 aliphatic heterocycles. The van der Waals surface area contributed by atoms with Gasteiger partial charge in [0.15, 0.2) is 5.69 Å². The molecule has 0 radical (unpaired) electrons. The average molecular weight is 430 g/mol. The van der Waals surface area contributed by atoms with Gasteiger partial charge >= 0.3 is 11.7 Å². The minimum absolute atomic E-state index is 0.0324. The predicted molar refractivity (Wildman–Crippen MR) is 117 cm³/mol. The van der Waals surface area contributed by atoms with Gasteiger partial charge in [-0.3, -0.25) is 5.32 Å². The first-order valence-corrected chi connectivity index (χ1v) is 10.2. The summed E-state index contributed by atoms with van der Waals surface area (Å²) in [6.45, 7) is 0. The van der Waals surface area contributed by atoms with E-state index in [1.54, 1.807) is 12.1 Å². The Hall–Kier alpha value is -3.06. The van der Waals surface area contributed by atoms with Crippen LogP contribution in [0.15, 0.2) is 51.7 Å². The Balaban J connectivity index is 1.65. The molecule has 2 amide bonds. The van der Waals surface area contributed by atoms with Crippen molar-refractivity contribution in [1.82, 2.24) is 0 Å². The van der Waals surface area contributed by atoms with Gasteiger partial charge in [0.2, 0.25) is 0 Å². The number of fused-ring (bicyclic) bond motifs is 1.